The van der Waals surface area contributed by atoms with Gasteiger partial charge in [-0.2, -0.15) is 0 Å². The van der Waals surface area contributed by atoms with E-state index in [4.69, 9.17) is 0 Å². The molecular formula is C17H16N6O2S. The van der Waals surface area contributed by atoms with Gasteiger partial charge in [-0.05, 0) is 30.3 Å². The molecule has 3 rings (SSSR count). The number of carbonyl (C=O) groups is 2. The van der Waals surface area contributed by atoms with Crippen molar-refractivity contribution >= 4 is 29.3 Å². The molecule has 0 radical (unpaired) electrons. The fourth-order valence-corrected chi connectivity index (χ4v) is 2.76. The molecule has 0 aliphatic heterocycles. The molecule has 0 aliphatic carbocycles. The summed E-state index contributed by atoms with van der Waals surface area (Å²) in [4.78, 5) is 32.0. The Bertz CT molecular complexity index is 912. The second-order valence-electron chi connectivity index (χ2n) is 5.20. The minimum atomic E-state index is -0.209. The van der Waals surface area contributed by atoms with Crippen LogP contribution in [-0.2, 0) is 4.79 Å². The molecule has 1 aromatic carbocycles. The van der Waals surface area contributed by atoms with Gasteiger partial charge in [-0.25, -0.2) is 4.98 Å². The van der Waals surface area contributed by atoms with Crippen molar-refractivity contribution in [3.63, 3.8) is 0 Å². The van der Waals surface area contributed by atoms with Crippen LogP contribution in [0.15, 0.2) is 53.9 Å². The molecule has 0 spiro atoms. The van der Waals surface area contributed by atoms with Crippen LogP contribution in [0.4, 0.5) is 5.69 Å². The molecule has 0 aliphatic rings. The second-order valence-corrected chi connectivity index (χ2v) is 6.14. The predicted octanol–water partition coefficient (Wildman–Crippen LogP) is 1.96. The molecule has 26 heavy (non-hydrogen) atoms. The van der Waals surface area contributed by atoms with E-state index < -0.39 is 0 Å². The molecule has 8 nitrogen and oxygen atoms in total. The lowest BCUT2D eigenvalue weighted by Crippen LogP contribution is -2.19. The molecular weight excluding hydrogens is 352 g/mol. The van der Waals surface area contributed by atoms with Crippen LogP contribution in [0.25, 0.3) is 11.4 Å². The van der Waals surface area contributed by atoms with Crippen molar-refractivity contribution in [2.24, 2.45) is 0 Å². The Balaban J connectivity index is 1.56. The van der Waals surface area contributed by atoms with Crippen molar-refractivity contribution in [1.29, 1.82) is 0 Å². The zero-order valence-electron chi connectivity index (χ0n) is 13.9. The number of hydrogen-bond acceptors (Lipinski definition) is 6. The smallest absolute Gasteiger partial charge is 0.251 e. The number of carbonyl (C=O) groups excluding carboxylic acids is 2. The number of H-pyrrole nitrogens is 1. The number of aromatic nitrogens is 4. The lowest BCUT2D eigenvalue weighted by molar-refractivity contribution is -0.113. The number of nitrogens with one attached hydrogen (secondary N) is 3. The number of hydrogen-bond donors (Lipinski definition) is 3. The van der Waals surface area contributed by atoms with Crippen molar-refractivity contribution in [3.05, 3.63) is 54.4 Å². The second kappa shape index (κ2) is 8.26. The summed E-state index contributed by atoms with van der Waals surface area (Å²) in [5.41, 5.74) is 1.91. The summed E-state index contributed by atoms with van der Waals surface area (Å²) in [6.07, 6.45) is 3.34. The number of pyridine rings is 1. The van der Waals surface area contributed by atoms with E-state index in [1.807, 2.05) is 12.1 Å². The van der Waals surface area contributed by atoms with Crippen molar-refractivity contribution in [1.82, 2.24) is 25.5 Å². The van der Waals surface area contributed by atoms with Crippen LogP contribution < -0.4 is 10.6 Å². The first-order valence-electron chi connectivity index (χ1n) is 7.73. The Morgan fingerprint density at radius 2 is 2.00 bits per heavy atom. The zero-order valence-corrected chi connectivity index (χ0v) is 14.7. The normalized spacial score (nSPS) is 10.3. The number of rotatable bonds is 6. The van der Waals surface area contributed by atoms with Gasteiger partial charge in [0.05, 0.1) is 5.75 Å². The van der Waals surface area contributed by atoms with Crippen LogP contribution in [0.2, 0.25) is 0 Å². The average molecular weight is 368 g/mol. The van der Waals surface area contributed by atoms with E-state index in [2.05, 4.69) is 30.8 Å². The number of benzene rings is 1. The van der Waals surface area contributed by atoms with Crippen LogP contribution in [-0.4, -0.2) is 44.8 Å². The maximum Gasteiger partial charge on any atom is 0.251 e. The summed E-state index contributed by atoms with van der Waals surface area (Å²) in [6, 6.07) is 10.4. The molecule has 0 unspecified atom stereocenters. The maximum atomic E-state index is 12.1. The largest absolute Gasteiger partial charge is 0.355 e. The van der Waals surface area contributed by atoms with E-state index in [0.717, 1.165) is 5.56 Å². The molecule has 3 N–H and O–H groups in total. The standard InChI is InChI=1S/C17H16N6O2S/c1-18-16(25)12-3-2-4-13(9-12)20-14(24)10-26-17-21-15(22-23-17)11-5-7-19-8-6-11/h2-9H,10H2,1H3,(H,18,25)(H,20,24)(H,21,22,23). The van der Waals surface area contributed by atoms with E-state index in [-0.39, 0.29) is 17.6 Å². The molecule has 0 saturated heterocycles. The van der Waals surface area contributed by atoms with Gasteiger partial charge in [-0.15, -0.1) is 5.10 Å². The SMILES string of the molecule is CNC(=O)c1cccc(NC(=O)CSc2n[nH]c(-c3ccncc3)n2)c1. The fraction of sp³-hybridized carbons (Fsp3) is 0.118. The molecule has 3 aromatic rings. The van der Waals surface area contributed by atoms with Gasteiger partial charge < -0.3 is 10.6 Å². The van der Waals surface area contributed by atoms with Gasteiger partial charge >= 0.3 is 0 Å². The van der Waals surface area contributed by atoms with E-state index in [1.54, 1.807) is 43.7 Å². The van der Waals surface area contributed by atoms with Gasteiger partial charge in [0, 0.05) is 36.3 Å². The lowest BCUT2D eigenvalue weighted by Gasteiger charge is -2.06. The fourth-order valence-electron chi connectivity index (χ4n) is 2.16. The summed E-state index contributed by atoms with van der Waals surface area (Å²) >= 11 is 1.22. The van der Waals surface area contributed by atoms with Gasteiger partial charge in [0.15, 0.2) is 5.82 Å². The van der Waals surface area contributed by atoms with Gasteiger partial charge in [0.1, 0.15) is 0 Å². The highest BCUT2D eigenvalue weighted by molar-refractivity contribution is 7.99. The van der Waals surface area contributed by atoms with Crippen molar-refractivity contribution < 1.29 is 9.59 Å². The molecule has 2 amide bonds. The number of amides is 2. The first-order chi connectivity index (χ1) is 12.7. The van der Waals surface area contributed by atoms with Crippen LogP contribution >= 0.6 is 11.8 Å². The lowest BCUT2D eigenvalue weighted by atomic mass is 10.2. The van der Waals surface area contributed by atoms with Gasteiger partial charge in [-0.3, -0.25) is 19.7 Å². The number of nitrogens with zero attached hydrogens (tertiary/aromatic N) is 3. The maximum absolute atomic E-state index is 12.1. The summed E-state index contributed by atoms with van der Waals surface area (Å²) in [5, 5.41) is 12.7. The number of aromatic amines is 1. The van der Waals surface area contributed by atoms with Gasteiger partial charge in [0.25, 0.3) is 5.91 Å². The Labute approximate surface area is 153 Å². The monoisotopic (exact) mass is 368 g/mol. The molecule has 9 heteroatoms. The highest BCUT2D eigenvalue weighted by Crippen LogP contribution is 2.19. The predicted molar refractivity (Wildman–Crippen MR) is 98.8 cm³/mol. The zero-order chi connectivity index (χ0) is 18.4. The summed E-state index contributed by atoms with van der Waals surface area (Å²) < 4.78 is 0. The minimum absolute atomic E-state index is 0.151. The van der Waals surface area contributed by atoms with Crippen molar-refractivity contribution in [2.45, 2.75) is 5.16 Å². The van der Waals surface area contributed by atoms with E-state index in [1.165, 1.54) is 11.8 Å². The van der Waals surface area contributed by atoms with Crippen LogP contribution in [0.1, 0.15) is 10.4 Å². The first-order valence-corrected chi connectivity index (χ1v) is 8.72. The topological polar surface area (TPSA) is 113 Å². The number of thioether (sulfide) groups is 1. The minimum Gasteiger partial charge on any atom is -0.355 e. The average Bonchev–Trinajstić information content (AvgIpc) is 3.16. The molecule has 2 heterocycles. The first kappa shape index (κ1) is 17.6. The Hall–Kier alpha value is -3.20. The highest BCUT2D eigenvalue weighted by atomic mass is 32.2. The van der Waals surface area contributed by atoms with Gasteiger partial charge in [0.2, 0.25) is 11.1 Å². The summed E-state index contributed by atoms with van der Waals surface area (Å²) in [5.74, 6) is 0.352. The third kappa shape index (κ3) is 4.45. The summed E-state index contributed by atoms with van der Waals surface area (Å²) in [6.45, 7) is 0. The molecule has 0 atom stereocenters. The molecule has 0 bridgehead atoms. The quantitative estimate of drug-likeness (QED) is 0.573. The Morgan fingerprint density at radius 3 is 2.77 bits per heavy atom. The van der Waals surface area contributed by atoms with Crippen molar-refractivity contribution in [2.75, 3.05) is 18.1 Å². The van der Waals surface area contributed by atoms with E-state index in [0.29, 0.717) is 22.2 Å². The third-order valence-electron chi connectivity index (χ3n) is 3.39. The van der Waals surface area contributed by atoms with Crippen LogP contribution in [0.5, 0.6) is 0 Å². The molecule has 132 valence electrons. The Kier molecular flexibility index (Phi) is 5.59. The van der Waals surface area contributed by atoms with Crippen LogP contribution in [0, 0.1) is 0 Å². The Morgan fingerprint density at radius 1 is 1.19 bits per heavy atom. The molecule has 0 fully saturated rings. The molecule has 0 saturated carbocycles. The van der Waals surface area contributed by atoms with E-state index in [9.17, 15) is 9.59 Å². The van der Waals surface area contributed by atoms with Gasteiger partial charge in [-0.1, -0.05) is 17.8 Å². The summed E-state index contributed by atoms with van der Waals surface area (Å²) in [7, 11) is 1.56. The van der Waals surface area contributed by atoms with Crippen LogP contribution in [0.3, 0.4) is 0 Å². The highest BCUT2D eigenvalue weighted by Gasteiger charge is 2.10. The van der Waals surface area contributed by atoms with Crippen molar-refractivity contribution in [3.8, 4) is 11.4 Å². The third-order valence-corrected chi connectivity index (χ3v) is 4.23. The molecule has 2 aromatic heterocycles. The number of anilines is 1. The van der Waals surface area contributed by atoms with E-state index >= 15 is 0 Å².